The summed E-state index contributed by atoms with van der Waals surface area (Å²) in [6.07, 6.45) is 5.53. The zero-order valence-electron chi connectivity index (χ0n) is 18.1. The number of amides is 1. The van der Waals surface area contributed by atoms with Gasteiger partial charge in [0.15, 0.2) is 5.69 Å². The van der Waals surface area contributed by atoms with Crippen LogP contribution in [0.15, 0.2) is 59.9 Å². The minimum absolute atomic E-state index is 0.00813. The molecule has 0 spiro atoms. The number of nitrogens with one attached hydrogen (secondary N) is 1. The van der Waals surface area contributed by atoms with E-state index < -0.39 is 18.1 Å². The van der Waals surface area contributed by atoms with Crippen molar-refractivity contribution in [2.75, 3.05) is 11.1 Å². The van der Waals surface area contributed by atoms with Crippen molar-refractivity contribution in [1.29, 1.82) is 0 Å². The number of anilines is 2. The number of para-hydroxylation sites is 1. The number of alkyl halides is 2. The average Bonchev–Trinajstić information content (AvgIpc) is 3.24. The Labute approximate surface area is 191 Å². The van der Waals surface area contributed by atoms with Gasteiger partial charge in [0.2, 0.25) is 0 Å². The maximum atomic E-state index is 13.3. The van der Waals surface area contributed by atoms with Crippen LogP contribution >= 0.6 is 0 Å². The highest BCUT2D eigenvalue weighted by Crippen LogP contribution is 2.39. The number of hydrogen-bond acceptors (Lipinski definition) is 7. The summed E-state index contributed by atoms with van der Waals surface area (Å²) < 4.78 is 33.3. The number of benzene rings is 1. The molecule has 3 heterocycles. The van der Waals surface area contributed by atoms with Crippen LogP contribution in [0.1, 0.15) is 16.2 Å². The third-order valence-corrected chi connectivity index (χ3v) is 4.95. The first-order valence-corrected chi connectivity index (χ1v) is 9.94. The number of aryl methyl sites for hydroxylation is 1. The lowest BCUT2D eigenvalue weighted by molar-refractivity contribution is -0.0494. The molecule has 0 saturated heterocycles. The lowest BCUT2D eigenvalue weighted by atomic mass is 10.1. The molecule has 0 bridgehead atoms. The molecule has 0 aliphatic rings. The van der Waals surface area contributed by atoms with Crippen LogP contribution in [0.3, 0.4) is 0 Å². The summed E-state index contributed by atoms with van der Waals surface area (Å²) in [6, 6.07) is 7.55. The minimum Gasteiger partial charge on any atom is -0.434 e. The van der Waals surface area contributed by atoms with Crippen LogP contribution in [0, 0.1) is 6.92 Å². The third-order valence-electron chi connectivity index (χ3n) is 4.95. The van der Waals surface area contributed by atoms with Gasteiger partial charge in [-0.3, -0.25) is 14.6 Å². The van der Waals surface area contributed by atoms with Gasteiger partial charge in [-0.05, 0) is 25.1 Å². The Morgan fingerprint density at radius 3 is 2.62 bits per heavy atom. The number of aromatic nitrogens is 5. The van der Waals surface area contributed by atoms with E-state index in [0.29, 0.717) is 5.69 Å². The summed E-state index contributed by atoms with van der Waals surface area (Å²) >= 11 is 0. The van der Waals surface area contributed by atoms with Crippen molar-refractivity contribution in [1.82, 2.24) is 24.3 Å². The molecule has 3 N–H and O–H groups in total. The van der Waals surface area contributed by atoms with Gasteiger partial charge < -0.3 is 20.4 Å². The predicted octanol–water partition coefficient (Wildman–Crippen LogP) is 2.77. The number of halogens is 2. The Balaban J connectivity index is 1.99. The van der Waals surface area contributed by atoms with Crippen LogP contribution in [0.5, 0.6) is 5.75 Å². The van der Waals surface area contributed by atoms with E-state index in [1.807, 2.05) is 0 Å². The molecule has 1 aromatic carbocycles. The second-order valence-electron chi connectivity index (χ2n) is 7.17. The Morgan fingerprint density at radius 1 is 1.21 bits per heavy atom. The molecule has 0 fully saturated rings. The van der Waals surface area contributed by atoms with Gasteiger partial charge in [0.05, 0.1) is 29.0 Å². The number of nitrogens with two attached hydrogens (primary N) is 1. The monoisotopic (exact) mass is 467 g/mol. The molecule has 0 radical (unpaired) electrons. The standard InChI is InChI=1S/C22H19F2N7O3/c1-12-7-10-31(29-12)19-16(25)17(28-20(32)14-11-26-8-9-27-14)18(30(2)21(19)33)13-5-3-4-6-15(13)34-22(23)24/h3-11,22H,25H2,1-2H3,(H,28,32). The minimum atomic E-state index is -3.11. The van der Waals surface area contributed by atoms with Crippen molar-refractivity contribution in [3.63, 3.8) is 0 Å². The second-order valence-corrected chi connectivity index (χ2v) is 7.17. The molecule has 1 amide bonds. The van der Waals surface area contributed by atoms with Gasteiger partial charge in [0.25, 0.3) is 11.5 Å². The van der Waals surface area contributed by atoms with Crippen molar-refractivity contribution in [2.45, 2.75) is 13.5 Å². The number of ether oxygens (including phenoxy) is 1. The molecule has 4 rings (SSSR count). The SMILES string of the molecule is Cc1ccn(-c2c(N)c(NC(=O)c3cnccn3)c(-c3ccccc3OC(F)F)n(C)c2=O)n1. The highest BCUT2D eigenvalue weighted by atomic mass is 19.3. The third kappa shape index (κ3) is 4.20. The number of rotatable bonds is 6. The smallest absolute Gasteiger partial charge is 0.387 e. The quantitative estimate of drug-likeness (QED) is 0.446. The summed E-state index contributed by atoms with van der Waals surface area (Å²) in [7, 11) is 1.42. The van der Waals surface area contributed by atoms with Crippen LogP contribution in [-0.4, -0.2) is 36.8 Å². The number of nitrogens with zero attached hydrogens (tertiary/aromatic N) is 5. The van der Waals surface area contributed by atoms with E-state index in [0.717, 1.165) is 0 Å². The molecule has 0 aliphatic heterocycles. The second kappa shape index (κ2) is 9.10. The fraction of sp³-hybridized carbons (Fsp3) is 0.136. The van der Waals surface area contributed by atoms with Crippen molar-refractivity contribution in [2.24, 2.45) is 7.05 Å². The summed E-state index contributed by atoms with van der Waals surface area (Å²) in [5.41, 5.74) is 6.46. The molecule has 4 aromatic rings. The first-order valence-electron chi connectivity index (χ1n) is 9.94. The molecule has 3 aromatic heterocycles. The molecule has 0 atom stereocenters. The van der Waals surface area contributed by atoms with Crippen molar-refractivity contribution < 1.29 is 18.3 Å². The molecule has 10 nitrogen and oxygen atoms in total. The van der Waals surface area contributed by atoms with Crippen LogP contribution in [0.25, 0.3) is 16.9 Å². The summed E-state index contributed by atoms with van der Waals surface area (Å²) in [6.45, 7) is -1.38. The van der Waals surface area contributed by atoms with Crippen LogP contribution in [-0.2, 0) is 7.05 Å². The van der Waals surface area contributed by atoms with E-state index in [2.05, 4.69) is 25.1 Å². The Kier molecular flexibility index (Phi) is 6.04. The first kappa shape index (κ1) is 22.6. The average molecular weight is 467 g/mol. The van der Waals surface area contributed by atoms with E-state index in [-0.39, 0.29) is 39.8 Å². The largest absolute Gasteiger partial charge is 0.434 e. The maximum Gasteiger partial charge on any atom is 0.387 e. The molecule has 0 unspecified atom stereocenters. The van der Waals surface area contributed by atoms with E-state index in [9.17, 15) is 18.4 Å². The van der Waals surface area contributed by atoms with Crippen molar-refractivity contribution in [3.05, 3.63) is 76.9 Å². The lowest BCUT2D eigenvalue weighted by Gasteiger charge is -2.21. The van der Waals surface area contributed by atoms with Gasteiger partial charge in [-0.1, -0.05) is 12.1 Å². The Hall–Kier alpha value is -4.61. The highest BCUT2D eigenvalue weighted by Gasteiger charge is 2.26. The number of pyridine rings is 1. The van der Waals surface area contributed by atoms with Gasteiger partial charge in [-0.2, -0.15) is 13.9 Å². The molecule has 0 saturated carbocycles. The van der Waals surface area contributed by atoms with Crippen LogP contribution in [0.2, 0.25) is 0 Å². The number of hydrogen-bond donors (Lipinski definition) is 2. The Morgan fingerprint density at radius 2 is 1.97 bits per heavy atom. The van der Waals surface area contributed by atoms with Gasteiger partial charge in [-0.15, -0.1) is 0 Å². The van der Waals surface area contributed by atoms with Crippen LogP contribution in [0.4, 0.5) is 20.2 Å². The number of carbonyl (C=O) groups is 1. The van der Waals surface area contributed by atoms with Gasteiger partial charge in [0, 0.05) is 31.2 Å². The molecule has 34 heavy (non-hydrogen) atoms. The normalized spacial score (nSPS) is 11.0. The molecular weight excluding hydrogens is 448 g/mol. The van der Waals surface area contributed by atoms with Crippen LogP contribution < -0.4 is 21.3 Å². The van der Waals surface area contributed by atoms with Gasteiger partial charge in [0.1, 0.15) is 11.4 Å². The zero-order valence-corrected chi connectivity index (χ0v) is 18.1. The lowest BCUT2D eigenvalue weighted by Crippen LogP contribution is -2.28. The maximum absolute atomic E-state index is 13.3. The first-order chi connectivity index (χ1) is 16.3. The summed E-state index contributed by atoms with van der Waals surface area (Å²) in [5, 5.41) is 6.89. The predicted molar refractivity (Wildman–Crippen MR) is 120 cm³/mol. The number of nitrogen functional groups attached to an aromatic ring is 1. The van der Waals surface area contributed by atoms with Crippen molar-refractivity contribution in [3.8, 4) is 22.7 Å². The molecule has 12 heteroatoms. The molecule has 0 aliphatic carbocycles. The van der Waals surface area contributed by atoms with E-state index in [4.69, 9.17) is 5.73 Å². The molecular formula is C22H19F2N7O3. The van der Waals surface area contributed by atoms with Gasteiger partial charge in [-0.25, -0.2) is 9.67 Å². The fourth-order valence-electron chi connectivity index (χ4n) is 3.45. The molecule has 174 valence electrons. The Bertz CT molecular complexity index is 1420. The fourth-order valence-corrected chi connectivity index (χ4v) is 3.45. The van der Waals surface area contributed by atoms with E-state index >= 15 is 0 Å². The zero-order chi connectivity index (χ0) is 24.4. The topological polar surface area (TPSA) is 130 Å². The number of carbonyl (C=O) groups excluding carboxylic acids is 1. The highest BCUT2D eigenvalue weighted by molar-refractivity contribution is 6.08. The van der Waals surface area contributed by atoms with E-state index in [1.165, 1.54) is 53.1 Å². The van der Waals surface area contributed by atoms with E-state index in [1.54, 1.807) is 25.3 Å². The van der Waals surface area contributed by atoms with Crippen molar-refractivity contribution >= 4 is 17.3 Å². The summed E-state index contributed by atoms with van der Waals surface area (Å²) in [5.74, 6) is -0.876. The summed E-state index contributed by atoms with van der Waals surface area (Å²) in [4.78, 5) is 34.1. The van der Waals surface area contributed by atoms with Gasteiger partial charge >= 0.3 is 6.61 Å².